The van der Waals surface area contributed by atoms with Crippen LogP contribution in [-0.2, 0) is 5.41 Å². The minimum absolute atomic E-state index is 0.185. The number of aromatic amines is 1. The van der Waals surface area contributed by atoms with Crippen molar-refractivity contribution >= 4 is 33.7 Å². The molecule has 4 aromatic heterocycles. The van der Waals surface area contributed by atoms with E-state index in [1.165, 1.54) is 6.20 Å². The first kappa shape index (κ1) is 17.9. The van der Waals surface area contributed by atoms with Gasteiger partial charge in [-0.1, -0.05) is 20.8 Å². The van der Waals surface area contributed by atoms with Crippen LogP contribution in [0.15, 0.2) is 34.6 Å². The summed E-state index contributed by atoms with van der Waals surface area (Å²) in [6.07, 6.45) is 1.47. The highest BCUT2D eigenvalue weighted by molar-refractivity contribution is 5.80. The normalized spacial score (nSPS) is 12.5. The van der Waals surface area contributed by atoms with Crippen LogP contribution in [0.25, 0.3) is 22.3 Å². The Morgan fingerprint density at radius 2 is 1.87 bits per heavy atom. The van der Waals surface area contributed by atoms with Gasteiger partial charge in [-0.3, -0.25) is 5.10 Å². The molecule has 0 radical (unpaired) electrons. The topological polar surface area (TPSA) is 138 Å². The van der Waals surface area contributed by atoms with Gasteiger partial charge in [0, 0.05) is 5.41 Å². The van der Waals surface area contributed by atoms with E-state index in [0.717, 1.165) is 11.5 Å². The molecular formula is C19H17N11. The summed E-state index contributed by atoms with van der Waals surface area (Å²) in [6.45, 7) is 8.15. The Bertz CT molecular complexity index is 1500. The lowest BCUT2D eigenvalue weighted by atomic mass is 9.91. The van der Waals surface area contributed by atoms with Gasteiger partial charge in [0.05, 0.1) is 23.1 Å². The van der Waals surface area contributed by atoms with Crippen molar-refractivity contribution in [3.05, 3.63) is 41.5 Å². The van der Waals surface area contributed by atoms with Crippen molar-refractivity contribution in [2.75, 3.05) is 0 Å². The maximum absolute atomic E-state index is 9.20. The molecule has 0 atom stereocenters. The monoisotopic (exact) mass is 399 g/mol. The smallest absolute Gasteiger partial charge is 0.205 e. The largest absolute Gasteiger partial charge is 0.292 e. The minimum atomic E-state index is -0.185. The molecule has 5 rings (SSSR count). The number of nitrogens with zero attached hydrogens (tertiary/aromatic N) is 10. The van der Waals surface area contributed by atoms with E-state index in [2.05, 4.69) is 67.7 Å². The van der Waals surface area contributed by atoms with Crippen LogP contribution in [0, 0.1) is 18.3 Å². The van der Waals surface area contributed by atoms with Gasteiger partial charge in [0.1, 0.15) is 23.0 Å². The molecule has 0 aliphatic carbocycles. The number of benzene rings is 1. The van der Waals surface area contributed by atoms with Gasteiger partial charge in [0.15, 0.2) is 11.3 Å². The maximum Gasteiger partial charge on any atom is 0.205 e. The Hall–Kier alpha value is -4.20. The lowest BCUT2D eigenvalue weighted by molar-refractivity contribution is 0.561. The number of azo groups is 1. The summed E-state index contributed by atoms with van der Waals surface area (Å²) in [5, 5.41) is 42.3. The molecule has 0 saturated heterocycles. The van der Waals surface area contributed by atoms with Crippen molar-refractivity contribution in [1.82, 2.24) is 39.6 Å². The molecule has 0 saturated carbocycles. The number of hydrogen-bond acceptors (Lipinski definition) is 8. The molecule has 30 heavy (non-hydrogen) atoms. The van der Waals surface area contributed by atoms with Gasteiger partial charge in [0.2, 0.25) is 5.65 Å². The third-order valence-corrected chi connectivity index (χ3v) is 4.82. The maximum atomic E-state index is 9.20. The van der Waals surface area contributed by atoms with E-state index < -0.39 is 0 Å². The molecule has 0 bridgehead atoms. The average Bonchev–Trinajstić information content (AvgIpc) is 3.40. The van der Waals surface area contributed by atoms with Gasteiger partial charge in [-0.15, -0.1) is 25.5 Å². The molecule has 0 amide bonds. The van der Waals surface area contributed by atoms with Gasteiger partial charge in [0.25, 0.3) is 0 Å². The second-order valence-electron chi connectivity index (χ2n) is 7.97. The zero-order valence-electron chi connectivity index (χ0n) is 16.8. The standard InChI is InChI=1S/C19H17N11/c1-10-22-27-18-15(16(19(2,3)4)28-29(10)18)25-23-12-5-6-13-14(7-12)30-17(26-24-13)11(8-20)9-21-30/h5-7,9,28H,1-4H3. The van der Waals surface area contributed by atoms with Crippen LogP contribution < -0.4 is 0 Å². The second-order valence-corrected chi connectivity index (χ2v) is 7.97. The lowest BCUT2D eigenvalue weighted by Crippen LogP contribution is -2.12. The summed E-state index contributed by atoms with van der Waals surface area (Å²) in [7, 11) is 0. The minimum Gasteiger partial charge on any atom is -0.292 e. The summed E-state index contributed by atoms with van der Waals surface area (Å²) < 4.78 is 3.39. The molecule has 1 aromatic carbocycles. The average molecular weight is 399 g/mol. The number of aryl methyl sites for hydroxylation is 1. The van der Waals surface area contributed by atoms with E-state index in [1.807, 2.05) is 17.5 Å². The Kier molecular flexibility index (Phi) is 3.66. The molecule has 0 aliphatic rings. The van der Waals surface area contributed by atoms with E-state index in [4.69, 9.17) is 0 Å². The van der Waals surface area contributed by atoms with Gasteiger partial charge in [-0.25, -0.2) is 9.03 Å². The van der Waals surface area contributed by atoms with Crippen molar-refractivity contribution in [1.29, 1.82) is 5.26 Å². The number of nitriles is 1. The second kappa shape index (κ2) is 6.15. The van der Waals surface area contributed by atoms with Crippen LogP contribution >= 0.6 is 0 Å². The van der Waals surface area contributed by atoms with E-state index in [1.54, 1.807) is 16.6 Å². The first-order valence-electron chi connectivity index (χ1n) is 9.27. The summed E-state index contributed by atoms with van der Waals surface area (Å²) in [5.74, 6) is 0.746. The summed E-state index contributed by atoms with van der Waals surface area (Å²) in [5.41, 5.74) is 4.71. The van der Waals surface area contributed by atoms with Crippen molar-refractivity contribution in [3.63, 3.8) is 0 Å². The van der Waals surface area contributed by atoms with Gasteiger partial charge in [-0.2, -0.15) is 15.5 Å². The highest BCUT2D eigenvalue weighted by atomic mass is 15.4. The number of aromatic nitrogens is 8. The van der Waals surface area contributed by atoms with Crippen LogP contribution in [0.1, 0.15) is 37.9 Å². The quantitative estimate of drug-likeness (QED) is 0.451. The fraction of sp³-hybridized carbons (Fsp3) is 0.263. The molecular weight excluding hydrogens is 382 g/mol. The van der Waals surface area contributed by atoms with Crippen LogP contribution in [0.4, 0.5) is 11.4 Å². The predicted octanol–water partition coefficient (Wildman–Crippen LogP) is 3.54. The van der Waals surface area contributed by atoms with E-state index >= 15 is 0 Å². The number of rotatable bonds is 2. The summed E-state index contributed by atoms with van der Waals surface area (Å²) >= 11 is 0. The molecule has 4 heterocycles. The zero-order valence-corrected chi connectivity index (χ0v) is 16.8. The Morgan fingerprint density at radius 3 is 2.63 bits per heavy atom. The Balaban J connectivity index is 1.65. The third-order valence-electron chi connectivity index (χ3n) is 4.82. The van der Waals surface area contributed by atoms with Gasteiger partial charge in [-0.05, 0) is 25.1 Å². The number of nitrogens with one attached hydrogen (secondary N) is 1. The SMILES string of the molecule is Cc1nnc2c(N=Nc3ccc4nnc5c(C#N)cnn5c4c3)c(C(C)(C)C)[nH]n12. The molecule has 11 heteroatoms. The van der Waals surface area contributed by atoms with Gasteiger partial charge >= 0.3 is 0 Å². The molecule has 0 aliphatic heterocycles. The summed E-state index contributed by atoms with van der Waals surface area (Å²) in [6, 6.07) is 7.47. The highest BCUT2D eigenvalue weighted by Crippen LogP contribution is 2.35. The zero-order chi connectivity index (χ0) is 21.0. The van der Waals surface area contributed by atoms with Crippen molar-refractivity contribution in [3.8, 4) is 6.07 Å². The van der Waals surface area contributed by atoms with Crippen LogP contribution in [0.3, 0.4) is 0 Å². The molecule has 11 nitrogen and oxygen atoms in total. The Labute approximate surface area is 170 Å². The van der Waals surface area contributed by atoms with Crippen LogP contribution in [0.5, 0.6) is 0 Å². The number of H-pyrrole nitrogens is 1. The summed E-state index contributed by atoms with van der Waals surface area (Å²) in [4.78, 5) is 0. The van der Waals surface area contributed by atoms with E-state index in [0.29, 0.717) is 39.3 Å². The van der Waals surface area contributed by atoms with Gasteiger partial charge < -0.3 is 0 Å². The highest BCUT2D eigenvalue weighted by Gasteiger charge is 2.25. The van der Waals surface area contributed by atoms with Crippen LogP contribution in [-0.4, -0.2) is 39.6 Å². The number of fused-ring (bicyclic) bond motifs is 4. The van der Waals surface area contributed by atoms with Crippen molar-refractivity contribution in [2.24, 2.45) is 10.2 Å². The third kappa shape index (κ3) is 2.61. The van der Waals surface area contributed by atoms with E-state index in [-0.39, 0.29) is 5.41 Å². The fourth-order valence-corrected chi connectivity index (χ4v) is 3.27. The Morgan fingerprint density at radius 1 is 1.07 bits per heavy atom. The van der Waals surface area contributed by atoms with Crippen molar-refractivity contribution in [2.45, 2.75) is 33.1 Å². The first-order chi connectivity index (χ1) is 14.4. The molecule has 148 valence electrons. The number of hydrogen-bond donors (Lipinski definition) is 1. The molecule has 1 N–H and O–H groups in total. The molecule has 0 spiro atoms. The first-order valence-corrected chi connectivity index (χ1v) is 9.27. The van der Waals surface area contributed by atoms with E-state index in [9.17, 15) is 5.26 Å². The lowest BCUT2D eigenvalue weighted by Gasteiger charge is -2.16. The molecule has 0 unspecified atom stereocenters. The molecule has 5 aromatic rings. The fourth-order valence-electron chi connectivity index (χ4n) is 3.27. The van der Waals surface area contributed by atoms with Crippen molar-refractivity contribution < 1.29 is 0 Å². The van der Waals surface area contributed by atoms with Crippen LogP contribution in [0.2, 0.25) is 0 Å². The predicted molar refractivity (Wildman–Crippen MR) is 108 cm³/mol. The molecule has 0 fully saturated rings.